The summed E-state index contributed by atoms with van der Waals surface area (Å²) in [6, 6.07) is 7.79. The predicted molar refractivity (Wildman–Crippen MR) is 116 cm³/mol. The van der Waals surface area contributed by atoms with E-state index in [1.165, 1.54) is 0 Å². The summed E-state index contributed by atoms with van der Waals surface area (Å²) in [7, 11) is 4.06. The molecule has 1 aromatic heterocycles. The molecule has 6 heteroatoms. The number of carbonyl (C=O) groups is 2. The molecule has 0 radical (unpaired) electrons. The highest BCUT2D eigenvalue weighted by Crippen LogP contribution is 2.42. The van der Waals surface area contributed by atoms with Crippen LogP contribution >= 0.6 is 0 Å². The molecule has 0 spiro atoms. The summed E-state index contributed by atoms with van der Waals surface area (Å²) in [6.45, 7) is 3.54. The zero-order valence-corrected chi connectivity index (χ0v) is 17.3. The van der Waals surface area contributed by atoms with E-state index in [-0.39, 0.29) is 11.8 Å². The third-order valence-corrected chi connectivity index (χ3v) is 5.71. The number of benzene rings is 1. The Morgan fingerprint density at radius 1 is 1.21 bits per heavy atom. The van der Waals surface area contributed by atoms with Gasteiger partial charge in [-0.15, -0.1) is 0 Å². The second kappa shape index (κ2) is 7.87. The van der Waals surface area contributed by atoms with Gasteiger partial charge in [0.2, 0.25) is 0 Å². The number of aryl methyl sites for hydroxylation is 1. The number of aromatic nitrogens is 1. The molecular weight excluding hydrogens is 364 g/mol. The van der Waals surface area contributed by atoms with Crippen molar-refractivity contribution >= 4 is 28.6 Å². The van der Waals surface area contributed by atoms with Gasteiger partial charge in [0.15, 0.2) is 0 Å². The second-order valence-corrected chi connectivity index (χ2v) is 8.10. The van der Waals surface area contributed by atoms with E-state index in [1.54, 1.807) is 0 Å². The first-order chi connectivity index (χ1) is 14.0. The first-order valence-electron chi connectivity index (χ1n) is 10.3. The number of anilines is 1. The number of hydrogen-bond donors (Lipinski definition) is 3. The fraction of sp³-hybridized carbons (Fsp3) is 0.391. The number of nitrogens with zero attached hydrogens (tertiary/aromatic N) is 1. The Morgan fingerprint density at radius 2 is 2.00 bits per heavy atom. The summed E-state index contributed by atoms with van der Waals surface area (Å²) in [4.78, 5) is 31.2. The average molecular weight is 393 g/mol. The molecule has 29 heavy (non-hydrogen) atoms. The molecule has 4 rings (SSSR count). The number of nitrogens with one attached hydrogen (secondary N) is 3. The molecule has 0 saturated heterocycles. The Morgan fingerprint density at radius 3 is 2.79 bits per heavy atom. The molecule has 0 saturated carbocycles. The lowest BCUT2D eigenvalue weighted by molar-refractivity contribution is -0.110. The number of amides is 2. The number of hydrogen-bond acceptors (Lipinski definition) is 3. The molecule has 2 aromatic rings. The SMILES string of the molecule is Cc1[nH]c2c(c1C(=O)NCCCN(C)C)CCC/C2=C1/C(=O)Nc2ccccc21. The molecule has 3 N–H and O–H groups in total. The van der Waals surface area contributed by atoms with Gasteiger partial charge in [-0.2, -0.15) is 0 Å². The van der Waals surface area contributed by atoms with Gasteiger partial charge in [-0.3, -0.25) is 9.59 Å². The quantitative estimate of drug-likeness (QED) is 0.540. The molecule has 152 valence electrons. The van der Waals surface area contributed by atoms with Crippen molar-refractivity contribution in [2.75, 3.05) is 32.5 Å². The molecule has 2 aliphatic rings. The molecule has 0 unspecified atom stereocenters. The maximum atomic E-state index is 12.9. The highest BCUT2D eigenvalue weighted by Gasteiger charge is 2.32. The van der Waals surface area contributed by atoms with Crippen LogP contribution in [0.2, 0.25) is 0 Å². The first kappa shape index (κ1) is 19.5. The number of aromatic amines is 1. The summed E-state index contributed by atoms with van der Waals surface area (Å²) in [5.74, 6) is -0.0859. The summed E-state index contributed by atoms with van der Waals surface area (Å²) in [5, 5.41) is 6.03. The highest BCUT2D eigenvalue weighted by atomic mass is 16.2. The summed E-state index contributed by atoms with van der Waals surface area (Å²) < 4.78 is 0. The van der Waals surface area contributed by atoms with E-state index in [9.17, 15) is 9.59 Å². The van der Waals surface area contributed by atoms with Crippen molar-refractivity contribution in [3.63, 3.8) is 0 Å². The van der Waals surface area contributed by atoms with Gasteiger partial charge in [0.1, 0.15) is 0 Å². The van der Waals surface area contributed by atoms with Crippen LogP contribution in [0.1, 0.15) is 52.1 Å². The lowest BCUT2D eigenvalue weighted by Gasteiger charge is -2.18. The number of para-hydroxylation sites is 1. The highest BCUT2D eigenvalue weighted by molar-refractivity contribution is 6.36. The van der Waals surface area contributed by atoms with Crippen LogP contribution in [-0.4, -0.2) is 48.9 Å². The van der Waals surface area contributed by atoms with E-state index >= 15 is 0 Å². The van der Waals surface area contributed by atoms with Crippen LogP contribution in [0.3, 0.4) is 0 Å². The molecule has 2 amide bonds. The molecule has 1 aromatic carbocycles. The van der Waals surface area contributed by atoms with Gasteiger partial charge in [-0.1, -0.05) is 18.2 Å². The minimum atomic E-state index is -0.0593. The van der Waals surface area contributed by atoms with E-state index < -0.39 is 0 Å². The maximum absolute atomic E-state index is 12.9. The predicted octanol–water partition coefficient (Wildman–Crippen LogP) is 3.20. The lowest BCUT2D eigenvalue weighted by atomic mass is 9.86. The Hall–Kier alpha value is -2.86. The monoisotopic (exact) mass is 392 g/mol. The van der Waals surface area contributed by atoms with E-state index in [4.69, 9.17) is 0 Å². The van der Waals surface area contributed by atoms with E-state index in [1.807, 2.05) is 45.3 Å². The zero-order valence-electron chi connectivity index (χ0n) is 17.3. The third kappa shape index (κ3) is 3.60. The van der Waals surface area contributed by atoms with E-state index in [2.05, 4.69) is 20.5 Å². The number of carbonyl (C=O) groups excluding carboxylic acids is 2. The normalized spacial score (nSPS) is 17.9. The molecule has 2 heterocycles. The Kier molecular flexibility index (Phi) is 5.28. The van der Waals surface area contributed by atoms with Crippen molar-refractivity contribution in [2.45, 2.75) is 32.6 Å². The van der Waals surface area contributed by atoms with Crippen LogP contribution in [0.25, 0.3) is 11.1 Å². The third-order valence-electron chi connectivity index (χ3n) is 5.71. The van der Waals surface area contributed by atoms with Gasteiger partial charge < -0.3 is 20.5 Å². The Labute approximate surface area is 171 Å². The van der Waals surface area contributed by atoms with Crippen molar-refractivity contribution in [1.82, 2.24) is 15.2 Å². The first-order valence-corrected chi connectivity index (χ1v) is 10.3. The Balaban J connectivity index is 1.68. The van der Waals surface area contributed by atoms with Crippen LogP contribution in [0.4, 0.5) is 5.69 Å². The van der Waals surface area contributed by atoms with Gasteiger partial charge in [0.05, 0.1) is 11.1 Å². The summed E-state index contributed by atoms with van der Waals surface area (Å²) in [5.41, 5.74) is 7.16. The number of allylic oxidation sites excluding steroid dienone is 1. The fourth-order valence-electron chi connectivity index (χ4n) is 4.41. The van der Waals surface area contributed by atoms with Crippen molar-refractivity contribution in [3.8, 4) is 0 Å². The van der Waals surface area contributed by atoms with Gasteiger partial charge in [0.25, 0.3) is 11.8 Å². The summed E-state index contributed by atoms with van der Waals surface area (Å²) >= 11 is 0. The van der Waals surface area contributed by atoms with Gasteiger partial charge in [-0.05, 0) is 70.5 Å². The minimum Gasteiger partial charge on any atom is -0.358 e. The number of rotatable bonds is 5. The topological polar surface area (TPSA) is 77.2 Å². The van der Waals surface area contributed by atoms with Crippen LogP contribution < -0.4 is 10.6 Å². The maximum Gasteiger partial charge on any atom is 0.256 e. The van der Waals surface area contributed by atoms with Crippen LogP contribution in [0.15, 0.2) is 24.3 Å². The molecule has 1 aliphatic carbocycles. The van der Waals surface area contributed by atoms with Gasteiger partial charge >= 0.3 is 0 Å². The lowest BCUT2D eigenvalue weighted by Crippen LogP contribution is -2.28. The molecule has 1 aliphatic heterocycles. The van der Waals surface area contributed by atoms with Gasteiger partial charge in [-0.25, -0.2) is 0 Å². The standard InChI is InChI=1S/C23H28N4O2/c1-14-19(22(28)24-12-7-13-27(2)3)16-9-6-10-17(21(16)25-14)20-15-8-4-5-11-18(15)26-23(20)29/h4-5,8,11,25H,6-7,9-10,12-13H2,1-3H3,(H,24,28)(H,26,29)/b20-17-. The largest absolute Gasteiger partial charge is 0.358 e. The number of H-pyrrole nitrogens is 1. The fourth-order valence-corrected chi connectivity index (χ4v) is 4.41. The smallest absolute Gasteiger partial charge is 0.256 e. The summed E-state index contributed by atoms with van der Waals surface area (Å²) in [6.07, 6.45) is 3.52. The second-order valence-electron chi connectivity index (χ2n) is 8.10. The number of fused-ring (bicyclic) bond motifs is 2. The Bertz CT molecular complexity index is 1000. The minimum absolute atomic E-state index is 0.0266. The van der Waals surface area contributed by atoms with E-state index in [0.717, 1.165) is 77.1 Å². The average Bonchev–Trinajstić information content (AvgIpc) is 3.20. The van der Waals surface area contributed by atoms with Crippen molar-refractivity contribution in [3.05, 3.63) is 52.3 Å². The van der Waals surface area contributed by atoms with Crippen LogP contribution in [0, 0.1) is 6.92 Å². The van der Waals surface area contributed by atoms with Crippen molar-refractivity contribution in [1.29, 1.82) is 0 Å². The van der Waals surface area contributed by atoms with E-state index in [0.29, 0.717) is 6.54 Å². The van der Waals surface area contributed by atoms with Crippen molar-refractivity contribution < 1.29 is 9.59 Å². The molecule has 0 bridgehead atoms. The van der Waals surface area contributed by atoms with Gasteiger partial charge in [0, 0.05) is 29.2 Å². The molecular formula is C23H28N4O2. The van der Waals surface area contributed by atoms with Crippen molar-refractivity contribution in [2.24, 2.45) is 0 Å². The molecule has 0 fully saturated rings. The zero-order chi connectivity index (χ0) is 20.5. The molecule has 0 atom stereocenters. The van der Waals surface area contributed by atoms with Crippen LogP contribution in [0.5, 0.6) is 0 Å². The van der Waals surface area contributed by atoms with Crippen LogP contribution in [-0.2, 0) is 11.2 Å². The molecule has 6 nitrogen and oxygen atoms in total.